The molecule has 0 aromatic carbocycles. The van der Waals surface area contributed by atoms with Gasteiger partial charge in [-0.05, 0) is 26.8 Å². The van der Waals surface area contributed by atoms with Crippen molar-refractivity contribution in [1.82, 2.24) is 5.32 Å². The first-order valence-electron chi connectivity index (χ1n) is 5.05. The molecule has 0 aliphatic rings. The molecule has 0 unspecified atom stereocenters. The molecule has 5 nitrogen and oxygen atoms in total. The fraction of sp³-hybridized carbons (Fsp3) is 0.545. The Balaban J connectivity index is 2.56. The number of carbonyl (C=O) groups is 1. The second-order valence-electron chi connectivity index (χ2n) is 4.45. The Hall–Kier alpha value is -1.33. The van der Waals surface area contributed by atoms with E-state index in [1.54, 1.807) is 26.8 Å². The van der Waals surface area contributed by atoms with Crippen LogP contribution >= 0.6 is 0 Å². The van der Waals surface area contributed by atoms with E-state index in [0.717, 1.165) is 0 Å². The van der Waals surface area contributed by atoms with E-state index >= 15 is 0 Å². The molecule has 0 aliphatic heterocycles. The molecule has 5 heteroatoms. The summed E-state index contributed by atoms with van der Waals surface area (Å²) in [5.74, 6) is -0.537. The van der Waals surface area contributed by atoms with E-state index in [-0.39, 0.29) is 5.76 Å². The number of carboxylic acids is 1. The van der Waals surface area contributed by atoms with Crippen LogP contribution in [0.15, 0.2) is 10.5 Å². The first-order chi connectivity index (χ1) is 7.29. The summed E-state index contributed by atoms with van der Waals surface area (Å²) in [7, 11) is 0. The van der Waals surface area contributed by atoms with Crippen LogP contribution in [0.25, 0.3) is 0 Å². The van der Waals surface area contributed by atoms with Crippen LogP contribution in [0.4, 0.5) is 0 Å². The summed E-state index contributed by atoms with van der Waals surface area (Å²) in [5, 5.41) is 21.2. The Morgan fingerprint density at radius 2 is 2.19 bits per heavy atom. The number of hydrogen-bond acceptors (Lipinski definition) is 4. The molecule has 0 saturated carbocycles. The zero-order chi connectivity index (χ0) is 12.3. The maximum absolute atomic E-state index is 10.7. The van der Waals surface area contributed by atoms with E-state index in [4.69, 9.17) is 9.52 Å². The third-order valence-corrected chi connectivity index (χ3v) is 2.02. The summed E-state index contributed by atoms with van der Waals surface area (Å²) in [6, 6.07) is 1.68. The molecule has 3 N–H and O–H groups in total. The molecule has 0 spiro atoms. The number of aliphatic hydroxyl groups is 1. The van der Waals surface area contributed by atoms with Gasteiger partial charge >= 0.3 is 5.97 Å². The third-order valence-electron chi connectivity index (χ3n) is 2.02. The lowest BCUT2D eigenvalue weighted by molar-refractivity contribution is 0.0655. The van der Waals surface area contributed by atoms with Crippen molar-refractivity contribution in [2.75, 3.05) is 6.54 Å². The van der Waals surface area contributed by atoms with Gasteiger partial charge in [0.1, 0.15) is 5.76 Å². The van der Waals surface area contributed by atoms with Crippen molar-refractivity contribution in [1.29, 1.82) is 0 Å². The lowest BCUT2D eigenvalue weighted by atomic mass is 10.1. The molecule has 0 saturated heterocycles. The zero-order valence-electron chi connectivity index (χ0n) is 9.70. The first kappa shape index (κ1) is 12.7. The number of hydrogen-bond donors (Lipinski definition) is 3. The lowest BCUT2D eigenvalue weighted by Gasteiger charge is -2.16. The number of aryl methyl sites for hydroxylation is 1. The fourth-order valence-electron chi connectivity index (χ4n) is 1.34. The Morgan fingerprint density at radius 3 is 2.62 bits per heavy atom. The fourth-order valence-corrected chi connectivity index (χ4v) is 1.34. The van der Waals surface area contributed by atoms with E-state index < -0.39 is 11.6 Å². The van der Waals surface area contributed by atoms with E-state index in [1.807, 2.05) is 0 Å². The molecule has 90 valence electrons. The van der Waals surface area contributed by atoms with Crippen molar-refractivity contribution in [3.63, 3.8) is 0 Å². The molecule has 0 bridgehead atoms. The molecule has 16 heavy (non-hydrogen) atoms. The second-order valence-corrected chi connectivity index (χ2v) is 4.45. The smallest absolute Gasteiger partial charge is 0.372 e. The number of rotatable bonds is 5. The Bertz CT molecular complexity index is 376. The van der Waals surface area contributed by atoms with E-state index in [1.165, 1.54) is 0 Å². The molecular formula is C11H17NO4. The van der Waals surface area contributed by atoms with E-state index in [0.29, 0.717) is 24.4 Å². The van der Waals surface area contributed by atoms with Crippen molar-refractivity contribution in [3.8, 4) is 0 Å². The van der Waals surface area contributed by atoms with Gasteiger partial charge in [0.15, 0.2) is 0 Å². The van der Waals surface area contributed by atoms with Gasteiger partial charge in [-0.2, -0.15) is 0 Å². The summed E-state index contributed by atoms with van der Waals surface area (Å²) in [6.45, 7) is 5.88. The predicted molar refractivity (Wildman–Crippen MR) is 58.4 cm³/mol. The molecule has 0 amide bonds. The van der Waals surface area contributed by atoms with Gasteiger partial charge < -0.3 is 19.9 Å². The van der Waals surface area contributed by atoms with Gasteiger partial charge in [0.05, 0.1) is 12.1 Å². The summed E-state index contributed by atoms with van der Waals surface area (Å²) >= 11 is 0. The minimum Gasteiger partial charge on any atom is -0.475 e. The monoisotopic (exact) mass is 227 g/mol. The lowest BCUT2D eigenvalue weighted by Crippen LogP contribution is -2.34. The largest absolute Gasteiger partial charge is 0.475 e. The molecular weight excluding hydrogens is 210 g/mol. The molecule has 0 atom stereocenters. The topological polar surface area (TPSA) is 82.7 Å². The quantitative estimate of drug-likeness (QED) is 0.702. The van der Waals surface area contributed by atoms with Crippen LogP contribution in [-0.4, -0.2) is 28.3 Å². The summed E-state index contributed by atoms with van der Waals surface area (Å²) in [4.78, 5) is 10.7. The van der Waals surface area contributed by atoms with Gasteiger partial charge in [0.2, 0.25) is 5.76 Å². The van der Waals surface area contributed by atoms with Gasteiger partial charge in [-0.25, -0.2) is 4.79 Å². The molecule has 0 aliphatic carbocycles. The highest BCUT2D eigenvalue weighted by Gasteiger charge is 2.15. The number of aromatic carboxylic acids is 1. The standard InChI is InChI=1S/C11H17NO4/c1-7-4-8(16-9(7)10(13)14)5-12-6-11(2,3)15/h4,12,15H,5-6H2,1-3H3,(H,13,14). The summed E-state index contributed by atoms with van der Waals surface area (Å²) < 4.78 is 5.15. The van der Waals surface area contributed by atoms with Crippen molar-refractivity contribution < 1.29 is 19.4 Å². The molecule has 1 heterocycles. The van der Waals surface area contributed by atoms with Crippen molar-refractivity contribution >= 4 is 5.97 Å². The van der Waals surface area contributed by atoms with Crippen LogP contribution in [0.2, 0.25) is 0 Å². The molecule has 0 fully saturated rings. The van der Waals surface area contributed by atoms with Gasteiger partial charge in [0.25, 0.3) is 0 Å². The van der Waals surface area contributed by atoms with E-state index in [2.05, 4.69) is 5.32 Å². The maximum atomic E-state index is 10.7. The molecule has 1 aromatic rings. The SMILES string of the molecule is Cc1cc(CNCC(C)(C)O)oc1C(=O)O. The number of furan rings is 1. The average molecular weight is 227 g/mol. The van der Waals surface area contributed by atoms with Gasteiger partial charge in [0, 0.05) is 12.1 Å². The van der Waals surface area contributed by atoms with Crippen LogP contribution in [-0.2, 0) is 6.54 Å². The number of carboxylic acid groups (broad SMARTS) is 1. The van der Waals surface area contributed by atoms with Crippen molar-refractivity contribution in [2.24, 2.45) is 0 Å². The van der Waals surface area contributed by atoms with Crippen molar-refractivity contribution in [2.45, 2.75) is 32.9 Å². The highest BCUT2D eigenvalue weighted by molar-refractivity contribution is 5.86. The van der Waals surface area contributed by atoms with Crippen LogP contribution in [0.5, 0.6) is 0 Å². The van der Waals surface area contributed by atoms with E-state index in [9.17, 15) is 9.90 Å². The Labute approximate surface area is 94.1 Å². The Morgan fingerprint density at radius 1 is 1.56 bits per heavy atom. The zero-order valence-corrected chi connectivity index (χ0v) is 9.70. The molecule has 1 aromatic heterocycles. The minimum atomic E-state index is -1.06. The van der Waals surface area contributed by atoms with Crippen LogP contribution in [0.3, 0.4) is 0 Å². The van der Waals surface area contributed by atoms with Crippen LogP contribution < -0.4 is 5.32 Å². The highest BCUT2D eigenvalue weighted by atomic mass is 16.4. The maximum Gasteiger partial charge on any atom is 0.372 e. The van der Waals surface area contributed by atoms with Gasteiger partial charge in [-0.3, -0.25) is 0 Å². The third kappa shape index (κ3) is 3.67. The normalized spacial score (nSPS) is 11.8. The number of nitrogens with one attached hydrogen (secondary N) is 1. The second kappa shape index (κ2) is 4.67. The summed E-state index contributed by atoms with van der Waals surface area (Å²) in [5.41, 5.74) is -0.190. The minimum absolute atomic E-state index is 0.0277. The summed E-state index contributed by atoms with van der Waals surface area (Å²) in [6.07, 6.45) is 0. The van der Waals surface area contributed by atoms with Crippen molar-refractivity contribution in [3.05, 3.63) is 23.2 Å². The first-order valence-corrected chi connectivity index (χ1v) is 5.05. The average Bonchev–Trinajstić information content (AvgIpc) is 2.44. The molecule has 0 radical (unpaired) electrons. The van der Waals surface area contributed by atoms with Gasteiger partial charge in [-0.1, -0.05) is 0 Å². The predicted octanol–water partition coefficient (Wildman–Crippen LogP) is 1.15. The van der Waals surface area contributed by atoms with Crippen LogP contribution in [0.1, 0.15) is 35.7 Å². The molecule has 1 rings (SSSR count). The van der Waals surface area contributed by atoms with Gasteiger partial charge in [-0.15, -0.1) is 0 Å². The Kier molecular flexibility index (Phi) is 3.72. The van der Waals surface area contributed by atoms with Crippen LogP contribution in [0, 0.1) is 6.92 Å². The highest BCUT2D eigenvalue weighted by Crippen LogP contribution is 2.14.